The van der Waals surface area contributed by atoms with Crippen LogP contribution in [0.2, 0.25) is 0 Å². The molecular formula is C26H30N6O5S. The summed E-state index contributed by atoms with van der Waals surface area (Å²) in [4.78, 5) is 45.0. The number of hydrogen-bond acceptors (Lipinski definition) is 9. The van der Waals surface area contributed by atoms with E-state index in [9.17, 15) is 14.4 Å². The second-order valence-corrected chi connectivity index (χ2v) is 9.49. The molecule has 1 aliphatic heterocycles. The second-order valence-electron chi connectivity index (χ2n) is 8.72. The van der Waals surface area contributed by atoms with Gasteiger partial charge in [-0.15, -0.1) is 0 Å². The van der Waals surface area contributed by atoms with E-state index < -0.39 is 17.9 Å². The van der Waals surface area contributed by atoms with Gasteiger partial charge in [-0.05, 0) is 60.6 Å². The Morgan fingerprint density at radius 1 is 1.26 bits per heavy atom. The third-order valence-corrected chi connectivity index (χ3v) is 6.94. The Morgan fingerprint density at radius 2 is 2.05 bits per heavy atom. The van der Waals surface area contributed by atoms with E-state index in [1.165, 1.54) is 4.90 Å². The van der Waals surface area contributed by atoms with Crippen molar-refractivity contribution in [2.75, 3.05) is 25.5 Å². The zero-order valence-electron chi connectivity index (χ0n) is 21.0. The van der Waals surface area contributed by atoms with E-state index >= 15 is 0 Å². The fourth-order valence-corrected chi connectivity index (χ4v) is 4.99. The largest absolute Gasteiger partial charge is 0.494 e. The van der Waals surface area contributed by atoms with E-state index in [0.29, 0.717) is 36.6 Å². The Balaban J connectivity index is 1.74. The molecule has 0 spiro atoms. The second kappa shape index (κ2) is 12.5. The van der Waals surface area contributed by atoms with Gasteiger partial charge in [0.25, 0.3) is 11.8 Å². The Kier molecular flexibility index (Phi) is 8.87. The number of rotatable bonds is 11. The molecule has 3 amide bonds. The summed E-state index contributed by atoms with van der Waals surface area (Å²) in [5, 5.41) is 2.95. The zero-order chi connectivity index (χ0) is 27.1. The molecule has 200 valence electrons. The molecule has 1 aliphatic rings. The molecule has 0 bridgehead atoms. The molecule has 0 aliphatic carbocycles. The van der Waals surface area contributed by atoms with Gasteiger partial charge in [-0.25, -0.2) is 0 Å². The van der Waals surface area contributed by atoms with E-state index in [2.05, 4.69) is 14.7 Å². The maximum Gasteiger partial charge on any atom is 0.270 e. The van der Waals surface area contributed by atoms with Gasteiger partial charge in [0.05, 0.1) is 18.4 Å². The van der Waals surface area contributed by atoms with Gasteiger partial charge in [-0.2, -0.15) is 4.37 Å². The summed E-state index contributed by atoms with van der Waals surface area (Å²) in [6, 6.07) is 9.49. The van der Waals surface area contributed by atoms with Gasteiger partial charge in [0.1, 0.15) is 16.7 Å². The molecule has 0 saturated carbocycles. The highest BCUT2D eigenvalue weighted by Gasteiger charge is 2.35. The molecule has 38 heavy (non-hydrogen) atoms. The van der Waals surface area contributed by atoms with E-state index in [-0.39, 0.29) is 34.8 Å². The number of nitrogens with one attached hydrogen (secondary N) is 1. The maximum atomic E-state index is 14.0. The summed E-state index contributed by atoms with van der Waals surface area (Å²) < 4.78 is 15.2. The van der Waals surface area contributed by atoms with Crippen LogP contribution >= 0.6 is 11.5 Å². The number of nitrogens with two attached hydrogens (primary N) is 2. The number of nitrogen functional groups attached to an aromatic ring is 1. The minimum Gasteiger partial charge on any atom is -0.494 e. The van der Waals surface area contributed by atoms with Gasteiger partial charge in [-0.1, -0.05) is 18.2 Å². The Labute approximate surface area is 224 Å². The predicted molar refractivity (Wildman–Crippen MR) is 141 cm³/mol. The first kappa shape index (κ1) is 27.0. The lowest BCUT2D eigenvalue weighted by molar-refractivity contribution is -0.126. The number of pyridine rings is 1. The topological polar surface area (TPSA) is 163 Å². The summed E-state index contributed by atoms with van der Waals surface area (Å²) >= 11 is 0.764. The number of carbonyl (C=O) groups excluding carboxylic acids is 3. The summed E-state index contributed by atoms with van der Waals surface area (Å²) in [5.74, 6) is -1.16. The number of amides is 3. The van der Waals surface area contributed by atoms with Gasteiger partial charge < -0.3 is 31.2 Å². The summed E-state index contributed by atoms with van der Waals surface area (Å²) in [5.41, 5.74) is 12.4. The minimum atomic E-state index is -1.04. The molecule has 3 heterocycles. The van der Waals surface area contributed by atoms with Crippen molar-refractivity contribution >= 4 is 34.9 Å². The standard InChI is InChI=1S/C26H30N6O5S/c1-2-36-18-9-7-17(8-10-18)22(25(34)30-14-19-6-4-12-37-19)32(15-16-5-3-11-29-13-16)26(35)23-20(27)21(24(28)33)31-38-23/h3,5,7-11,13,19,22H,2,4,6,12,14-15,27H2,1H3,(H2,28,33)(H,30,34). The molecule has 2 atom stereocenters. The van der Waals surface area contributed by atoms with Crippen LogP contribution in [0.1, 0.15) is 57.1 Å². The fourth-order valence-electron chi connectivity index (χ4n) is 4.23. The maximum absolute atomic E-state index is 14.0. The molecule has 12 heteroatoms. The first-order valence-corrected chi connectivity index (χ1v) is 13.0. The lowest BCUT2D eigenvalue weighted by Crippen LogP contribution is -2.45. The van der Waals surface area contributed by atoms with Gasteiger partial charge >= 0.3 is 0 Å². The molecular weight excluding hydrogens is 508 g/mol. The van der Waals surface area contributed by atoms with Crippen molar-refractivity contribution in [2.24, 2.45) is 5.73 Å². The molecule has 2 unspecified atom stereocenters. The van der Waals surface area contributed by atoms with Crippen LogP contribution in [0.4, 0.5) is 5.69 Å². The van der Waals surface area contributed by atoms with Crippen molar-refractivity contribution in [3.63, 3.8) is 0 Å². The monoisotopic (exact) mass is 538 g/mol. The van der Waals surface area contributed by atoms with Crippen LogP contribution < -0.4 is 21.5 Å². The highest BCUT2D eigenvalue weighted by atomic mass is 32.1. The van der Waals surface area contributed by atoms with Crippen molar-refractivity contribution in [3.05, 3.63) is 70.5 Å². The third kappa shape index (κ3) is 6.26. The molecule has 4 rings (SSSR count). The third-order valence-electron chi connectivity index (χ3n) is 6.09. The smallest absolute Gasteiger partial charge is 0.270 e. The fraction of sp³-hybridized carbons (Fsp3) is 0.346. The highest BCUT2D eigenvalue weighted by Crippen LogP contribution is 2.31. The van der Waals surface area contributed by atoms with Crippen LogP contribution in [-0.4, -0.2) is 57.8 Å². The molecule has 1 fully saturated rings. The van der Waals surface area contributed by atoms with E-state index in [0.717, 1.165) is 24.4 Å². The number of anilines is 1. The van der Waals surface area contributed by atoms with Crippen LogP contribution in [0.25, 0.3) is 0 Å². The average Bonchev–Trinajstić information content (AvgIpc) is 3.58. The first-order chi connectivity index (χ1) is 18.4. The summed E-state index contributed by atoms with van der Waals surface area (Å²) in [7, 11) is 0. The van der Waals surface area contributed by atoms with Crippen molar-refractivity contribution < 1.29 is 23.9 Å². The van der Waals surface area contributed by atoms with Gasteiger partial charge in [-0.3, -0.25) is 19.4 Å². The van der Waals surface area contributed by atoms with Crippen molar-refractivity contribution in [3.8, 4) is 5.75 Å². The molecule has 11 nitrogen and oxygen atoms in total. The summed E-state index contributed by atoms with van der Waals surface area (Å²) in [6.07, 6.45) is 4.93. The predicted octanol–water partition coefficient (Wildman–Crippen LogP) is 2.30. The first-order valence-electron chi connectivity index (χ1n) is 12.3. The van der Waals surface area contributed by atoms with Crippen molar-refractivity contribution in [2.45, 2.75) is 38.5 Å². The molecule has 1 saturated heterocycles. The van der Waals surface area contributed by atoms with Crippen molar-refractivity contribution in [1.82, 2.24) is 19.6 Å². The van der Waals surface area contributed by atoms with Crippen LogP contribution in [-0.2, 0) is 16.1 Å². The van der Waals surface area contributed by atoms with Crippen molar-refractivity contribution in [1.29, 1.82) is 0 Å². The molecule has 2 aromatic heterocycles. The number of carbonyl (C=O) groups is 3. The average molecular weight is 539 g/mol. The van der Waals surface area contributed by atoms with E-state index in [4.69, 9.17) is 20.9 Å². The quantitative estimate of drug-likeness (QED) is 0.335. The number of hydrogen-bond donors (Lipinski definition) is 3. The van der Waals surface area contributed by atoms with Crippen LogP contribution in [0.3, 0.4) is 0 Å². The Bertz CT molecular complexity index is 1260. The van der Waals surface area contributed by atoms with Crippen LogP contribution in [0.5, 0.6) is 5.75 Å². The Morgan fingerprint density at radius 3 is 2.66 bits per heavy atom. The number of primary amides is 1. The number of benzene rings is 1. The molecule has 5 N–H and O–H groups in total. The van der Waals surface area contributed by atoms with Gasteiger partial charge in [0, 0.05) is 32.1 Å². The highest BCUT2D eigenvalue weighted by molar-refractivity contribution is 7.09. The van der Waals surface area contributed by atoms with Gasteiger partial charge in [0.15, 0.2) is 5.69 Å². The normalized spacial score (nSPS) is 15.6. The summed E-state index contributed by atoms with van der Waals surface area (Å²) in [6.45, 7) is 3.38. The lowest BCUT2D eigenvalue weighted by Gasteiger charge is -2.31. The number of nitrogens with zero attached hydrogens (tertiary/aromatic N) is 3. The Hall–Kier alpha value is -4.03. The molecule has 1 aromatic carbocycles. The molecule has 0 radical (unpaired) electrons. The van der Waals surface area contributed by atoms with Crippen LogP contribution in [0.15, 0.2) is 48.8 Å². The van der Waals surface area contributed by atoms with E-state index in [1.807, 2.05) is 6.92 Å². The lowest BCUT2D eigenvalue weighted by atomic mass is 10.0. The van der Waals surface area contributed by atoms with Gasteiger partial charge in [0.2, 0.25) is 5.91 Å². The molecule has 3 aromatic rings. The zero-order valence-corrected chi connectivity index (χ0v) is 21.8. The number of ether oxygens (including phenoxy) is 2. The van der Waals surface area contributed by atoms with E-state index in [1.54, 1.807) is 48.8 Å². The number of aromatic nitrogens is 2. The SMILES string of the molecule is CCOc1ccc(C(C(=O)NCC2CCCO2)N(Cc2cccnc2)C(=O)c2snc(C(N)=O)c2N)cc1. The van der Waals surface area contributed by atoms with Crippen LogP contribution in [0, 0.1) is 0 Å². The minimum absolute atomic E-state index is 0.0190.